The lowest BCUT2D eigenvalue weighted by atomic mass is 10.1. The summed E-state index contributed by atoms with van der Waals surface area (Å²) >= 11 is 0. The Kier molecular flexibility index (Phi) is 3.60. The number of aldehydes is 1. The number of Topliss-reactive ketones (excluding diaryl/α,β-unsaturated/α-hetero) is 1. The second-order valence-corrected chi connectivity index (χ2v) is 4.40. The van der Waals surface area contributed by atoms with Gasteiger partial charge in [-0.05, 0) is 32.4 Å². The van der Waals surface area contributed by atoms with Gasteiger partial charge in [0.15, 0.2) is 0 Å². The molecule has 0 amide bonds. The standard InChI is InChI=1S/C15H17NO2/c1-3-5-11(4-2)15(18)14-7-6-13-12(10-17)8-9-16(13)14/h3-7,10,12H,8-9H2,1-2H3/b5-3-,11-4+/t12-/m0/s1. The topological polar surface area (TPSA) is 39.1 Å². The molecular formula is C15H17NO2. The highest BCUT2D eigenvalue weighted by atomic mass is 16.1. The van der Waals surface area contributed by atoms with E-state index in [0.717, 1.165) is 24.9 Å². The van der Waals surface area contributed by atoms with Crippen molar-refractivity contribution in [3.05, 3.63) is 47.3 Å². The van der Waals surface area contributed by atoms with Gasteiger partial charge < -0.3 is 9.36 Å². The molecule has 3 nitrogen and oxygen atoms in total. The molecule has 1 aliphatic rings. The Morgan fingerprint density at radius 2 is 2.17 bits per heavy atom. The number of nitrogens with zero attached hydrogens (tertiary/aromatic N) is 1. The summed E-state index contributed by atoms with van der Waals surface area (Å²) in [4.78, 5) is 23.3. The smallest absolute Gasteiger partial charge is 0.209 e. The van der Waals surface area contributed by atoms with Crippen LogP contribution in [0.3, 0.4) is 0 Å². The quantitative estimate of drug-likeness (QED) is 0.353. The van der Waals surface area contributed by atoms with Crippen LogP contribution in [-0.2, 0) is 11.3 Å². The number of ketones is 1. The first-order valence-electron chi connectivity index (χ1n) is 6.21. The minimum absolute atomic E-state index is 0.0217. The monoisotopic (exact) mass is 243 g/mol. The minimum atomic E-state index is -0.0534. The summed E-state index contributed by atoms with van der Waals surface area (Å²) in [5, 5.41) is 0. The number of rotatable bonds is 4. The lowest BCUT2D eigenvalue weighted by Crippen LogP contribution is -2.09. The van der Waals surface area contributed by atoms with Gasteiger partial charge in [-0.3, -0.25) is 4.79 Å². The van der Waals surface area contributed by atoms with E-state index in [4.69, 9.17) is 0 Å². The molecule has 1 atom stereocenters. The van der Waals surface area contributed by atoms with Crippen LogP contribution < -0.4 is 0 Å². The number of carbonyl (C=O) groups is 2. The summed E-state index contributed by atoms with van der Waals surface area (Å²) in [6.45, 7) is 4.50. The molecule has 0 saturated heterocycles. The van der Waals surface area contributed by atoms with Crippen molar-refractivity contribution in [2.24, 2.45) is 0 Å². The fraction of sp³-hybridized carbons (Fsp3) is 0.333. The molecule has 0 spiro atoms. The van der Waals surface area contributed by atoms with E-state index in [9.17, 15) is 9.59 Å². The molecule has 0 radical (unpaired) electrons. The number of aromatic nitrogens is 1. The Morgan fingerprint density at radius 1 is 1.39 bits per heavy atom. The van der Waals surface area contributed by atoms with Crippen LogP contribution in [0.5, 0.6) is 0 Å². The fourth-order valence-electron chi connectivity index (χ4n) is 2.44. The molecule has 1 aromatic heterocycles. The maximum atomic E-state index is 12.4. The Balaban J connectivity index is 2.37. The second-order valence-electron chi connectivity index (χ2n) is 4.40. The van der Waals surface area contributed by atoms with Gasteiger partial charge in [0.2, 0.25) is 5.78 Å². The van der Waals surface area contributed by atoms with Crippen molar-refractivity contribution in [2.45, 2.75) is 32.7 Å². The molecule has 94 valence electrons. The molecule has 3 heteroatoms. The van der Waals surface area contributed by atoms with Crippen LogP contribution in [0.15, 0.2) is 35.9 Å². The van der Waals surface area contributed by atoms with Gasteiger partial charge in [0.1, 0.15) is 6.29 Å². The number of hydrogen-bond acceptors (Lipinski definition) is 2. The van der Waals surface area contributed by atoms with Crippen LogP contribution in [-0.4, -0.2) is 16.6 Å². The summed E-state index contributed by atoms with van der Waals surface area (Å²) in [6.07, 6.45) is 7.25. The lowest BCUT2D eigenvalue weighted by molar-refractivity contribution is -0.109. The maximum Gasteiger partial charge on any atom is 0.209 e. The first kappa shape index (κ1) is 12.6. The molecule has 0 fully saturated rings. The van der Waals surface area contributed by atoms with E-state index in [1.807, 2.05) is 48.8 Å². The molecule has 0 aliphatic carbocycles. The van der Waals surface area contributed by atoms with Gasteiger partial charge in [0, 0.05) is 17.8 Å². The molecule has 0 bridgehead atoms. The zero-order valence-corrected chi connectivity index (χ0v) is 10.7. The number of fused-ring (bicyclic) bond motifs is 1. The van der Waals surface area contributed by atoms with Crippen LogP contribution in [0.25, 0.3) is 0 Å². The van der Waals surface area contributed by atoms with Gasteiger partial charge in [-0.15, -0.1) is 0 Å². The van der Waals surface area contributed by atoms with Crippen molar-refractivity contribution < 1.29 is 9.59 Å². The van der Waals surface area contributed by atoms with Crippen LogP contribution in [0, 0.1) is 0 Å². The summed E-state index contributed by atoms with van der Waals surface area (Å²) in [5.74, 6) is -0.0317. The lowest BCUT2D eigenvalue weighted by Gasteiger charge is -2.05. The van der Waals surface area contributed by atoms with Crippen molar-refractivity contribution in [1.82, 2.24) is 4.57 Å². The van der Waals surface area contributed by atoms with Crippen LogP contribution >= 0.6 is 0 Å². The predicted molar refractivity (Wildman–Crippen MR) is 70.8 cm³/mol. The predicted octanol–water partition coefficient (Wildman–Crippen LogP) is 2.88. The number of allylic oxidation sites excluding steroid dienone is 4. The summed E-state index contributed by atoms with van der Waals surface area (Å²) in [5.41, 5.74) is 2.33. The Labute approximate surface area is 107 Å². The van der Waals surface area contributed by atoms with Gasteiger partial charge in [0.05, 0.1) is 11.6 Å². The number of hydrogen-bond donors (Lipinski definition) is 0. The Hall–Kier alpha value is -1.90. The Morgan fingerprint density at radius 3 is 2.78 bits per heavy atom. The van der Waals surface area contributed by atoms with Crippen molar-refractivity contribution in [3.63, 3.8) is 0 Å². The zero-order valence-electron chi connectivity index (χ0n) is 10.7. The van der Waals surface area contributed by atoms with E-state index in [2.05, 4.69) is 0 Å². The van der Waals surface area contributed by atoms with E-state index in [0.29, 0.717) is 11.3 Å². The van der Waals surface area contributed by atoms with Gasteiger partial charge in [-0.25, -0.2) is 0 Å². The Bertz CT molecular complexity index is 535. The molecule has 0 saturated carbocycles. The van der Waals surface area contributed by atoms with E-state index in [1.165, 1.54) is 0 Å². The number of carbonyl (C=O) groups excluding carboxylic acids is 2. The SMILES string of the molecule is C/C=C\C(=C/C)C(=O)c1ccc2n1CC[C@H]2C=O. The van der Waals surface area contributed by atoms with Crippen molar-refractivity contribution in [2.75, 3.05) is 0 Å². The molecule has 2 heterocycles. The van der Waals surface area contributed by atoms with E-state index in [-0.39, 0.29) is 11.7 Å². The van der Waals surface area contributed by atoms with Crippen molar-refractivity contribution >= 4 is 12.1 Å². The third-order valence-electron chi connectivity index (χ3n) is 3.37. The fourth-order valence-corrected chi connectivity index (χ4v) is 2.44. The highest BCUT2D eigenvalue weighted by Gasteiger charge is 2.26. The van der Waals surface area contributed by atoms with E-state index in [1.54, 1.807) is 0 Å². The molecule has 0 unspecified atom stereocenters. The van der Waals surface area contributed by atoms with Crippen LogP contribution in [0.2, 0.25) is 0 Å². The molecule has 1 aliphatic heterocycles. The van der Waals surface area contributed by atoms with Gasteiger partial charge in [-0.2, -0.15) is 0 Å². The third kappa shape index (κ3) is 1.96. The first-order chi connectivity index (χ1) is 8.72. The van der Waals surface area contributed by atoms with E-state index < -0.39 is 0 Å². The largest absolute Gasteiger partial charge is 0.341 e. The highest BCUT2D eigenvalue weighted by Crippen LogP contribution is 2.29. The molecule has 2 rings (SSSR count). The normalized spacial score (nSPS) is 19.2. The van der Waals surface area contributed by atoms with Crippen molar-refractivity contribution in [3.8, 4) is 0 Å². The molecule has 0 N–H and O–H groups in total. The molecule has 18 heavy (non-hydrogen) atoms. The summed E-state index contributed by atoms with van der Waals surface area (Å²) in [7, 11) is 0. The molecule has 1 aromatic rings. The average Bonchev–Trinajstić information content (AvgIpc) is 2.95. The van der Waals surface area contributed by atoms with E-state index >= 15 is 0 Å². The van der Waals surface area contributed by atoms with Gasteiger partial charge in [-0.1, -0.05) is 18.2 Å². The average molecular weight is 243 g/mol. The van der Waals surface area contributed by atoms with Gasteiger partial charge >= 0.3 is 0 Å². The van der Waals surface area contributed by atoms with Crippen LogP contribution in [0.1, 0.15) is 42.4 Å². The molecular weight excluding hydrogens is 226 g/mol. The second kappa shape index (κ2) is 5.17. The first-order valence-corrected chi connectivity index (χ1v) is 6.21. The summed E-state index contributed by atoms with van der Waals surface area (Å²) < 4.78 is 1.97. The summed E-state index contributed by atoms with van der Waals surface area (Å²) in [6, 6.07) is 3.71. The zero-order chi connectivity index (χ0) is 13.1. The highest BCUT2D eigenvalue weighted by molar-refractivity contribution is 6.09. The minimum Gasteiger partial charge on any atom is -0.341 e. The van der Waals surface area contributed by atoms with Crippen LogP contribution in [0.4, 0.5) is 0 Å². The molecule has 0 aromatic carbocycles. The maximum absolute atomic E-state index is 12.4. The third-order valence-corrected chi connectivity index (χ3v) is 3.37. The van der Waals surface area contributed by atoms with Crippen molar-refractivity contribution in [1.29, 1.82) is 0 Å². The van der Waals surface area contributed by atoms with Gasteiger partial charge in [0.25, 0.3) is 0 Å².